The second-order valence-electron chi connectivity index (χ2n) is 6.95. The van der Waals surface area contributed by atoms with Crippen LogP contribution in [0.15, 0.2) is 0 Å². The van der Waals surface area contributed by atoms with Crippen molar-refractivity contribution in [1.82, 2.24) is 4.90 Å². The summed E-state index contributed by atoms with van der Waals surface area (Å²) in [5.41, 5.74) is -0.526. The monoisotopic (exact) mass is 391 g/mol. The Balaban J connectivity index is 3.46. The quantitative estimate of drug-likeness (QED) is 0.354. The minimum atomic E-state index is -0.865. The molecule has 9 nitrogen and oxygen atoms in total. The summed E-state index contributed by atoms with van der Waals surface area (Å²) in [6, 6.07) is 0. The Morgan fingerprint density at radius 2 is 1.44 bits per heavy atom. The van der Waals surface area contributed by atoms with Gasteiger partial charge in [0.1, 0.15) is 12.2 Å². The molecule has 0 fully saturated rings. The first-order valence-electron chi connectivity index (χ1n) is 9.09. The fourth-order valence-electron chi connectivity index (χ4n) is 1.79. The molecule has 0 atom stereocenters. The van der Waals surface area contributed by atoms with Gasteiger partial charge in [-0.25, -0.2) is 4.79 Å². The molecule has 0 bridgehead atoms. The van der Waals surface area contributed by atoms with Gasteiger partial charge in [0.2, 0.25) is 0 Å². The van der Waals surface area contributed by atoms with Crippen molar-refractivity contribution < 1.29 is 38.4 Å². The fourth-order valence-corrected chi connectivity index (χ4v) is 1.79. The summed E-state index contributed by atoms with van der Waals surface area (Å²) in [6.45, 7) is 7.34. The van der Waals surface area contributed by atoms with Gasteiger partial charge in [-0.3, -0.25) is 9.59 Å². The average molecular weight is 391 g/mol. The molecule has 0 aliphatic heterocycles. The molecule has 9 heteroatoms. The van der Waals surface area contributed by atoms with Crippen molar-refractivity contribution in [2.24, 2.45) is 0 Å². The number of ether oxygens (including phenoxy) is 4. The first-order chi connectivity index (χ1) is 12.6. The van der Waals surface area contributed by atoms with E-state index >= 15 is 0 Å². The van der Waals surface area contributed by atoms with E-state index in [1.165, 1.54) is 4.90 Å². The molecule has 0 spiro atoms. The molecular weight excluding hydrogens is 358 g/mol. The van der Waals surface area contributed by atoms with E-state index in [0.717, 1.165) is 0 Å². The molecule has 0 aromatic rings. The minimum Gasteiger partial charge on any atom is -0.481 e. The Morgan fingerprint density at radius 1 is 0.889 bits per heavy atom. The first kappa shape index (κ1) is 25.1. The number of amides is 1. The van der Waals surface area contributed by atoms with Gasteiger partial charge in [0, 0.05) is 26.4 Å². The Bertz CT molecular complexity index is 447. The summed E-state index contributed by atoms with van der Waals surface area (Å²) in [6.07, 6.45) is 0.830. The molecule has 0 radical (unpaired) electrons. The van der Waals surface area contributed by atoms with Crippen molar-refractivity contribution in [3.63, 3.8) is 0 Å². The second kappa shape index (κ2) is 14.2. The summed E-state index contributed by atoms with van der Waals surface area (Å²) in [5.74, 6) is -1.22. The van der Waals surface area contributed by atoms with E-state index in [4.69, 9.17) is 24.1 Å². The lowest BCUT2D eigenvalue weighted by Gasteiger charge is -2.24. The van der Waals surface area contributed by atoms with Gasteiger partial charge in [-0.2, -0.15) is 0 Å². The highest BCUT2D eigenvalue weighted by molar-refractivity contribution is 5.69. The maximum Gasteiger partial charge on any atom is 0.410 e. The number of esters is 1. The van der Waals surface area contributed by atoms with Crippen molar-refractivity contribution in [3.8, 4) is 0 Å². The van der Waals surface area contributed by atoms with E-state index in [-0.39, 0.29) is 32.0 Å². The SMILES string of the molecule is CN(CCOCCOCCOC(=O)CCCCC(=O)O)C(=O)OC(C)(C)C. The van der Waals surface area contributed by atoms with Gasteiger partial charge in [-0.1, -0.05) is 0 Å². The van der Waals surface area contributed by atoms with Gasteiger partial charge in [-0.05, 0) is 33.6 Å². The van der Waals surface area contributed by atoms with E-state index in [1.54, 1.807) is 7.05 Å². The normalized spacial score (nSPS) is 11.1. The zero-order valence-electron chi connectivity index (χ0n) is 16.8. The summed E-state index contributed by atoms with van der Waals surface area (Å²) >= 11 is 0. The molecule has 0 rings (SSSR count). The number of unbranched alkanes of at least 4 members (excludes halogenated alkanes) is 1. The van der Waals surface area contributed by atoms with Crippen LogP contribution < -0.4 is 0 Å². The molecular formula is C18H33NO8. The van der Waals surface area contributed by atoms with Crippen LogP contribution in [0.25, 0.3) is 0 Å². The molecule has 0 aliphatic rings. The smallest absolute Gasteiger partial charge is 0.410 e. The van der Waals surface area contributed by atoms with Gasteiger partial charge < -0.3 is 29.0 Å². The van der Waals surface area contributed by atoms with Gasteiger partial charge in [0.15, 0.2) is 0 Å². The second-order valence-corrected chi connectivity index (χ2v) is 6.95. The Hall–Kier alpha value is -1.87. The van der Waals surface area contributed by atoms with E-state index < -0.39 is 17.7 Å². The van der Waals surface area contributed by atoms with Gasteiger partial charge >= 0.3 is 18.0 Å². The van der Waals surface area contributed by atoms with Crippen molar-refractivity contribution in [3.05, 3.63) is 0 Å². The third kappa shape index (κ3) is 17.3. The van der Waals surface area contributed by atoms with Crippen LogP contribution in [-0.4, -0.2) is 80.3 Å². The molecule has 0 saturated carbocycles. The number of hydrogen-bond acceptors (Lipinski definition) is 7. The highest BCUT2D eigenvalue weighted by atomic mass is 16.6. The van der Waals surface area contributed by atoms with E-state index in [2.05, 4.69) is 0 Å². The number of aliphatic carboxylic acids is 1. The van der Waals surface area contributed by atoms with Crippen LogP contribution in [0.3, 0.4) is 0 Å². The number of likely N-dealkylation sites (N-methyl/N-ethyl adjacent to an activating group) is 1. The zero-order valence-corrected chi connectivity index (χ0v) is 16.8. The number of carboxylic acids is 1. The molecule has 0 aromatic heterocycles. The minimum absolute atomic E-state index is 0.0595. The molecule has 0 heterocycles. The van der Waals surface area contributed by atoms with Crippen LogP contribution in [0.5, 0.6) is 0 Å². The third-order valence-corrected chi connectivity index (χ3v) is 3.16. The van der Waals surface area contributed by atoms with Crippen molar-refractivity contribution in [2.45, 2.75) is 52.1 Å². The van der Waals surface area contributed by atoms with Crippen LogP contribution in [0.4, 0.5) is 4.79 Å². The summed E-state index contributed by atoms with van der Waals surface area (Å²) in [4.78, 5) is 34.9. The van der Waals surface area contributed by atoms with E-state index in [9.17, 15) is 14.4 Å². The topological polar surface area (TPSA) is 112 Å². The molecule has 1 amide bonds. The predicted molar refractivity (Wildman–Crippen MR) is 97.6 cm³/mol. The molecule has 0 saturated heterocycles. The lowest BCUT2D eigenvalue weighted by molar-refractivity contribution is -0.146. The fraction of sp³-hybridized carbons (Fsp3) is 0.833. The van der Waals surface area contributed by atoms with Gasteiger partial charge in [-0.15, -0.1) is 0 Å². The maximum absolute atomic E-state index is 11.7. The van der Waals surface area contributed by atoms with Crippen LogP contribution in [0.2, 0.25) is 0 Å². The molecule has 158 valence electrons. The molecule has 0 unspecified atom stereocenters. The highest BCUT2D eigenvalue weighted by Gasteiger charge is 2.19. The lowest BCUT2D eigenvalue weighted by atomic mass is 10.2. The summed E-state index contributed by atoms with van der Waals surface area (Å²) < 4.78 is 20.8. The van der Waals surface area contributed by atoms with Gasteiger partial charge in [0.05, 0.1) is 26.4 Å². The molecule has 0 aliphatic carbocycles. The van der Waals surface area contributed by atoms with Crippen molar-refractivity contribution >= 4 is 18.0 Å². The van der Waals surface area contributed by atoms with Crippen molar-refractivity contribution in [2.75, 3.05) is 46.6 Å². The number of carbonyl (C=O) groups excluding carboxylic acids is 2. The number of hydrogen-bond donors (Lipinski definition) is 1. The van der Waals surface area contributed by atoms with E-state index in [0.29, 0.717) is 39.2 Å². The Morgan fingerprint density at radius 3 is 2.04 bits per heavy atom. The predicted octanol–water partition coefficient (Wildman–Crippen LogP) is 2.07. The molecule has 1 N–H and O–H groups in total. The lowest BCUT2D eigenvalue weighted by Crippen LogP contribution is -2.36. The van der Waals surface area contributed by atoms with Crippen LogP contribution in [-0.2, 0) is 28.5 Å². The number of rotatable bonds is 14. The molecule has 27 heavy (non-hydrogen) atoms. The largest absolute Gasteiger partial charge is 0.481 e. The van der Waals surface area contributed by atoms with E-state index in [1.807, 2.05) is 20.8 Å². The van der Waals surface area contributed by atoms with Crippen molar-refractivity contribution in [1.29, 1.82) is 0 Å². The van der Waals surface area contributed by atoms with Gasteiger partial charge in [0.25, 0.3) is 0 Å². The average Bonchev–Trinajstić information content (AvgIpc) is 2.55. The molecule has 0 aromatic carbocycles. The zero-order chi connectivity index (χ0) is 20.7. The highest BCUT2D eigenvalue weighted by Crippen LogP contribution is 2.08. The standard InChI is InChI=1S/C18H33NO8/c1-18(2,3)27-17(23)19(4)9-10-24-11-12-25-13-14-26-16(22)8-6-5-7-15(20)21/h5-14H2,1-4H3,(H,20,21). The number of carboxylic acid groups (broad SMARTS) is 1. The van der Waals surface area contributed by atoms with Crippen LogP contribution in [0, 0.1) is 0 Å². The third-order valence-electron chi connectivity index (χ3n) is 3.16. The summed E-state index contributed by atoms with van der Waals surface area (Å²) in [5, 5.41) is 8.48. The van der Waals surface area contributed by atoms with Crippen LogP contribution >= 0.6 is 0 Å². The number of carbonyl (C=O) groups is 3. The number of nitrogens with zero attached hydrogens (tertiary/aromatic N) is 1. The maximum atomic E-state index is 11.7. The Labute approximate surface area is 160 Å². The summed E-state index contributed by atoms with van der Waals surface area (Å²) in [7, 11) is 1.64. The first-order valence-corrected chi connectivity index (χ1v) is 9.09. The Kier molecular flexibility index (Phi) is 13.2. The van der Waals surface area contributed by atoms with Crippen LogP contribution in [0.1, 0.15) is 46.5 Å².